The predicted octanol–water partition coefficient (Wildman–Crippen LogP) is 3.92. The van der Waals surface area contributed by atoms with Crippen molar-refractivity contribution in [3.63, 3.8) is 0 Å². The summed E-state index contributed by atoms with van der Waals surface area (Å²) in [5.41, 5.74) is 4.98. The molecule has 0 saturated carbocycles. The van der Waals surface area contributed by atoms with Crippen LogP contribution >= 0.6 is 15.9 Å². The van der Waals surface area contributed by atoms with Crippen molar-refractivity contribution in [3.8, 4) is 11.3 Å². The third-order valence-corrected chi connectivity index (χ3v) is 4.30. The molecule has 22 heavy (non-hydrogen) atoms. The number of halogens is 1. The number of aromatic nitrogens is 4. The van der Waals surface area contributed by atoms with Gasteiger partial charge in [-0.1, -0.05) is 28.1 Å². The van der Waals surface area contributed by atoms with Gasteiger partial charge in [0.05, 0.1) is 11.8 Å². The Bertz CT molecular complexity index is 999. The summed E-state index contributed by atoms with van der Waals surface area (Å²) in [6, 6.07) is 10.3. The number of nitrogens with one attached hydrogen (secondary N) is 2. The first-order valence-electron chi connectivity index (χ1n) is 6.95. The lowest BCUT2D eigenvalue weighted by Crippen LogP contribution is -1.95. The van der Waals surface area contributed by atoms with Gasteiger partial charge < -0.3 is 14.9 Å². The van der Waals surface area contributed by atoms with Crippen LogP contribution in [0.25, 0.3) is 33.3 Å². The number of aromatic amines is 1. The van der Waals surface area contributed by atoms with Crippen LogP contribution < -0.4 is 5.32 Å². The Morgan fingerprint density at radius 3 is 2.91 bits per heavy atom. The van der Waals surface area contributed by atoms with E-state index in [9.17, 15) is 0 Å². The monoisotopic (exact) mass is 355 g/mol. The molecule has 0 amide bonds. The number of hydrogen-bond acceptors (Lipinski definition) is 3. The van der Waals surface area contributed by atoms with Crippen molar-refractivity contribution < 1.29 is 0 Å². The molecule has 3 heterocycles. The molecule has 2 N–H and O–H groups in total. The lowest BCUT2D eigenvalue weighted by Gasteiger charge is -2.02. The molecule has 0 bridgehead atoms. The number of nitrogens with zero attached hydrogens (tertiary/aromatic N) is 3. The van der Waals surface area contributed by atoms with Gasteiger partial charge in [-0.25, -0.2) is 9.97 Å². The summed E-state index contributed by atoms with van der Waals surface area (Å²) in [6.07, 6.45) is 1.82. The Kier molecular flexibility index (Phi) is 2.94. The highest BCUT2D eigenvalue weighted by Crippen LogP contribution is 2.32. The molecular formula is C16H14BrN5. The first kappa shape index (κ1) is 13.3. The van der Waals surface area contributed by atoms with Crippen LogP contribution in [0.2, 0.25) is 0 Å². The number of imidazole rings is 1. The summed E-state index contributed by atoms with van der Waals surface area (Å²) in [6.45, 7) is 0. The Morgan fingerprint density at radius 2 is 2.14 bits per heavy atom. The molecule has 3 aromatic heterocycles. The molecule has 6 heteroatoms. The van der Waals surface area contributed by atoms with Crippen molar-refractivity contribution in [2.24, 2.45) is 7.05 Å². The van der Waals surface area contributed by atoms with Gasteiger partial charge in [-0.2, -0.15) is 0 Å². The Labute approximate surface area is 135 Å². The Morgan fingerprint density at radius 1 is 1.27 bits per heavy atom. The van der Waals surface area contributed by atoms with E-state index >= 15 is 0 Å². The van der Waals surface area contributed by atoms with E-state index in [0.717, 1.165) is 43.6 Å². The van der Waals surface area contributed by atoms with E-state index in [1.807, 2.05) is 37.1 Å². The van der Waals surface area contributed by atoms with Crippen LogP contribution in [0, 0.1) is 0 Å². The van der Waals surface area contributed by atoms with Crippen LogP contribution in [0.3, 0.4) is 0 Å². The topological polar surface area (TPSA) is 58.5 Å². The van der Waals surface area contributed by atoms with Gasteiger partial charge in [-0.15, -0.1) is 0 Å². The highest BCUT2D eigenvalue weighted by molar-refractivity contribution is 9.10. The normalized spacial score (nSPS) is 11.4. The van der Waals surface area contributed by atoms with Gasteiger partial charge in [0.1, 0.15) is 11.2 Å². The molecule has 5 nitrogen and oxygen atoms in total. The first-order chi connectivity index (χ1) is 10.7. The summed E-state index contributed by atoms with van der Waals surface area (Å²) in [5.74, 6) is 0.783. The van der Waals surface area contributed by atoms with E-state index in [2.05, 4.69) is 54.4 Å². The van der Waals surface area contributed by atoms with Gasteiger partial charge in [-0.3, -0.25) is 0 Å². The summed E-state index contributed by atoms with van der Waals surface area (Å²) in [7, 11) is 3.86. The fourth-order valence-corrected chi connectivity index (χ4v) is 3.18. The molecule has 110 valence electrons. The van der Waals surface area contributed by atoms with Crippen molar-refractivity contribution >= 4 is 43.8 Å². The zero-order valence-electron chi connectivity index (χ0n) is 12.2. The molecule has 4 rings (SSSR count). The molecule has 1 aromatic carbocycles. The smallest absolute Gasteiger partial charge is 0.156 e. The molecular weight excluding hydrogens is 342 g/mol. The van der Waals surface area contributed by atoms with Crippen LogP contribution in [0.1, 0.15) is 0 Å². The second kappa shape index (κ2) is 4.84. The summed E-state index contributed by atoms with van der Waals surface area (Å²) in [4.78, 5) is 12.5. The minimum Gasteiger partial charge on any atom is -0.371 e. The minimum atomic E-state index is 0.783. The van der Waals surface area contributed by atoms with Crippen LogP contribution in [0.5, 0.6) is 0 Å². The lowest BCUT2D eigenvalue weighted by atomic mass is 10.1. The number of benzene rings is 1. The molecule has 0 fully saturated rings. The van der Waals surface area contributed by atoms with E-state index in [4.69, 9.17) is 0 Å². The van der Waals surface area contributed by atoms with Crippen LogP contribution in [-0.2, 0) is 7.05 Å². The number of H-pyrrole nitrogens is 1. The van der Waals surface area contributed by atoms with E-state index in [1.165, 1.54) is 0 Å². The first-order valence-corrected chi connectivity index (χ1v) is 7.74. The number of anilines is 1. The fourth-order valence-electron chi connectivity index (χ4n) is 2.78. The molecule has 0 atom stereocenters. The maximum absolute atomic E-state index is 4.65. The van der Waals surface area contributed by atoms with E-state index in [-0.39, 0.29) is 0 Å². The zero-order valence-corrected chi connectivity index (χ0v) is 13.8. The lowest BCUT2D eigenvalue weighted by molar-refractivity contribution is 0.951. The van der Waals surface area contributed by atoms with Gasteiger partial charge in [0.15, 0.2) is 5.82 Å². The largest absolute Gasteiger partial charge is 0.371 e. The van der Waals surface area contributed by atoms with E-state index in [1.54, 1.807) is 0 Å². The van der Waals surface area contributed by atoms with Crippen LogP contribution in [-0.4, -0.2) is 26.6 Å². The molecule has 0 spiro atoms. The highest BCUT2D eigenvalue weighted by Gasteiger charge is 2.14. The summed E-state index contributed by atoms with van der Waals surface area (Å²) in [5, 5.41) is 4.19. The van der Waals surface area contributed by atoms with E-state index < -0.39 is 0 Å². The standard InChI is InChI=1S/C16H14BrN5/c1-18-16-13-14(22(2)8-19-13)11-7-12(20-15(11)21-16)9-4-3-5-10(17)6-9/h3-8H,1-2H3,(H2,18,20,21). The zero-order chi connectivity index (χ0) is 15.3. The maximum atomic E-state index is 4.65. The second-order valence-corrected chi connectivity index (χ2v) is 6.13. The van der Waals surface area contributed by atoms with Gasteiger partial charge in [-0.05, 0) is 23.8 Å². The van der Waals surface area contributed by atoms with Gasteiger partial charge in [0, 0.05) is 29.6 Å². The second-order valence-electron chi connectivity index (χ2n) is 5.22. The van der Waals surface area contributed by atoms with Gasteiger partial charge in [0.25, 0.3) is 0 Å². The molecule has 0 aliphatic rings. The van der Waals surface area contributed by atoms with Crippen LogP contribution in [0.15, 0.2) is 41.1 Å². The molecule has 4 aromatic rings. The fraction of sp³-hybridized carbons (Fsp3) is 0.125. The Balaban J connectivity index is 2.05. The maximum Gasteiger partial charge on any atom is 0.156 e. The number of rotatable bonds is 2. The number of hydrogen-bond donors (Lipinski definition) is 2. The third kappa shape index (κ3) is 1.91. The number of aryl methyl sites for hydroxylation is 1. The third-order valence-electron chi connectivity index (χ3n) is 3.81. The number of pyridine rings is 1. The SMILES string of the molecule is CNc1nc2[nH]c(-c3cccc(Br)c3)cc2c2c1ncn2C. The van der Waals surface area contributed by atoms with Crippen LogP contribution in [0.4, 0.5) is 5.82 Å². The molecule has 0 aliphatic carbocycles. The van der Waals surface area contributed by atoms with Gasteiger partial charge >= 0.3 is 0 Å². The quantitative estimate of drug-likeness (QED) is 0.572. The average Bonchev–Trinajstić information content (AvgIpc) is 3.10. The summed E-state index contributed by atoms with van der Waals surface area (Å²) < 4.78 is 3.08. The summed E-state index contributed by atoms with van der Waals surface area (Å²) >= 11 is 3.52. The van der Waals surface area contributed by atoms with Crippen molar-refractivity contribution in [1.82, 2.24) is 19.5 Å². The van der Waals surface area contributed by atoms with Gasteiger partial charge in [0.2, 0.25) is 0 Å². The molecule has 0 aliphatic heterocycles. The van der Waals surface area contributed by atoms with Crippen molar-refractivity contribution in [2.45, 2.75) is 0 Å². The average molecular weight is 356 g/mol. The number of fused-ring (bicyclic) bond motifs is 3. The Hall–Kier alpha value is -2.34. The van der Waals surface area contributed by atoms with Crippen molar-refractivity contribution in [1.29, 1.82) is 0 Å². The predicted molar refractivity (Wildman–Crippen MR) is 93.0 cm³/mol. The minimum absolute atomic E-state index is 0.783. The van der Waals surface area contributed by atoms with Crippen molar-refractivity contribution in [2.75, 3.05) is 12.4 Å². The van der Waals surface area contributed by atoms with E-state index in [0.29, 0.717) is 0 Å². The molecule has 0 radical (unpaired) electrons. The molecule has 0 saturated heterocycles. The van der Waals surface area contributed by atoms with Crippen molar-refractivity contribution in [3.05, 3.63) is 41.1 Å². The molecule has 0 unspecified atom stereocenters. The highest BCUT2D eigenvalue weighted by atomic mass is 79.9.